The predicted octanol–water partition coefficient (Wildman–Crippen LogP) is 3.72. The Kier molecular flexibility index (Phi) is 4.62. The molecule has 0 unspecified atom stereocenters. The van der Waals surface area contributed by atoms with Gasteiger partial charge in [-0.1, -0.05) is 13.3 Å². The van der Waals surface area contributed by atoms with Crippen molar-refractivity contribution in [3.63, 3.8) is 0 Å². The third-order valence-corrected chi connectivity index (χ3v) is 4.49. The molecule has 0 saturated carbocycles. The molecule has 0 aliphatic carbocycles. The lowest BCUT2D eigenvalue weighted by Crippen LogP contribution is -2.19. The van der Waals surface area contributed by atoms with Gasteiger partial charge in [-0.15, -0.1) is 11.3 Å². The molecular weight excluding hydrogens is 312 g/mol. The highest BCUT2D eigenvalue weighted by Gasteiger charge is 2.16. The van der Waals surface area contributed by atoms with Crippen molar-refractivity contribution in [3.8, 4) is 11.5 Å². The minimum atomic E-state index is -0.259. The van der Waals surface area contributed by atoms with E-state index in [4.69, 9.17) is 9.47 Å². The number of hydrogen-bond acceptors (Lipinski definition) is 5. The maximum Gasteiger partial charge on any atom is 0.271 e. The quantitative estimate of drug-likeness (QED) is 0.671. The van der Waals surface area contributed by atoms with E-state index in [9.17, 15) is 4.79 Å². The van der Waals surface area contributed by atoms with E-state index in [2.05, 4.69) is 30.4 Å². The van der Waals surface area contributed by atoms with Crippen molar-refractivity contribution in [2.45, 2.75) is 26.7 Å². The van der Waals surface area contributed by atoms with Gasteiger partial charge in [-0.2, -0.15) is 5.10 Å². The second-order valence-corrected chi connectivity index (χ2v) is 6.52. The van der Waals surface area contributed by atoms with E-state index in [1.54, 1.807) is 29.5 Å². The van der Waals surface area contributed by atoms with E-state index in [1.807, 2.05) is 6.07 Å². The first-order valence-corrected chi connectivity index (χ1v) is 8.32. The van der Waals surface area contributed by atoms with Crippen LogP contribution >= 0.6 is 11.3 Å². The summed E-state index contributed by atoms with van der Waals surface area (Å²) in [6.07, 6.45) is 1.79. The monoisotopic (exact) mass is 330 g/mol. The first kappa shape index (κ1) is 15.6. The van der Waals surface area contributed by atoms with Gasteiger partial charge in [0.2, 0.25) is 6.79 Å². The van der Waals surface area contributed by atoms with Gasteiger partial charge in [-0.05, 0) is 43.7 Å². The fourth-order valence-electron chi connectivity index (χ4n) is 2.28. The fourth-order valence-corrected chi connectivity index (χ4v) is 3.17. The van der Waals surface area contributed by atoms with E-state index in [0.29, 0.717) is 17.1 Å². The first-order chi connectivity index (χ1) is 11.2. The number of carbonyl (C=O) groups is 1. The molecular formula is C17H18N2O3S. The maximum atomic E-state index is 12.3. The lowest BCUT2D eigenvalue weighted by molar-refractivity contribution is 0.0954. The number of benzene rings is 1. The molecule has 0 spiro atoms. The van der Waals surface area contributed by atoms with Crippen LogP contribution < -0.4 is 14.9 Å². The molecule has 1 aromatic carbocycles. The van der Waals surface area contributed by atoms with Gasteiger partial charge >= 0.3 is 0 Å². The Morgan fingerprint density at radius 2 is 2.09 bits per heavy atom. The smallest absolute Gasteiger partial charge is 0.271 e. The minimum absolute atomic E-state index is 0.191. The van der Waals surface area contributed by atoms with Crippen LogP contribution in [0.1, 0.15) is 39.9 Å². The molecule has 120 valence electrons. The molecule has 0 bridgehead atoms. The number of nitrogens with zero attached hydrogens (tertiary/aromatic N) is 1. The van der Waals surface area contributed by atoms with Gasteiger partial charge in [-0.3, -0.25) is 4.79 Å². The molecule has 1 aliphatic rings. The number of aryl methyl sites for hydroxylation is 1. The van der Waals surface area contributed by atoms with Gasteiger partial charge in [0, 0.05) is 10.4 Å². The van der Waals surface area contributed by atoms with Crippen molar-refractivity contribution >= 4 is 23.0 Å². The zero-order valence-electron chi connectivity index (χ0n) is 13.1. The molecule has 1 amide bonds. The number of hydrazone groups is 1. The summed E-state index contributed by atoms with van der Waals surface area (Å²) in [7, 11) is 0. The van der Waals surface area contributed by atoms with Crippen molar-refractivity contribution in [2.75, 3.05) is 6.79 Å². The van der Waals surface area contributed by atoms with Crippen LogP contribution in [0.4, 0.5) is 0 Å². The highest BCUT2D eigenvalue weighted by atomic mass is 32.1. The topological polar surface area (TPSA) is 59.9 Å². The van der Waals surface area contributed by atoms with E-state index >= 15 is 0 Å². The molecule has 1 aliphatic heterocycles. The number of carbonyl (C=O) groups excluding carboxylic acids is 1. The van der Waals surface area contributed by atoms with Crippen molar-refractivity contribution in [1.82, 2.24) is 5.43 Å². The summed E-state index contributed by atoms with van der Waals surface area (Å²) >= 11 is 1.68. The van der Waals surface area contributed by atoms with E-state index < -0.39 is 0 Å². The lowest BCUT2D eigenvalue weighted by Gasteiger charge is -2.05. The highest BCUT2D eigenvalue weighted by molar-refractivity contribution is 7.14. The van der Waals surface area contributed by atoms with Gasteiger partial charge in [0.1, 0.15) is 0 Å². The third-order valence-electron chi connectivity index (χ3n) is 3.44. The van der Waals surface area contributed by atoms with Gasteiger partial charge in [0.25, 0.3) is 5.91 Å². The maximum absolute atomic E-state index is 12.3. The summed E-state index contributed by atoms with van der Waals surface area (Å²) in [5.41, 5.74) is 4.04. The Bertz CT molecular complexity index is 752. The molecule has 3 rings (SSSR count). The van der Waals surface area contributed by atoms with E-state index in [0.717, 1.165) is 23.4 Å². The number of amides is 1. The largest absolute Gasteiger partial charge is 0.454 e. The Labute approximate surface area is 138 Å². The molecule has 2 heterocycles. The van der Waals surface area contributed by atoms with Crippen LogP contribution in [-0.2, 0) is 0 Å². The van der Waals surface area contributed by atoms with E-state index in [1.165, 1.54) is 4.88 Å². The molecule has 23 heavy (non-hydrogen) atoms. The minimum Gasteiger partial charge on any atom is -0.454 e. The Balaban J connectivity index is 1.75. The molecule has 6 heteroatoms. The molecule has 0 atom stereocenters. The second kappa shape index (κ2) is 6.83. The SMILES string of the molecule is CCCC(=NNC(=O)c1ccc2c(c1)OCO2)c1ccc(C)s1. The van der Waals surface area contributed by atoms with Crippen molar-refractivity contribution < 1.29 is 14.3 Å². The van der Waals surface area contributed by atoms with Crippen molar-refractivity contribution in [2.24, 2.45) is 5.10 Å². The number of fused-ring (bicyclic) bond motifs is 1. The van der Waals surface area contributed by atoms with Gasteiger partial charge in [0.05, 0.1) is 10.6 Å². The van der Waals surface area contributed by atoms with E-state index in [-0.39, 0.29) is 12.7 Å². The number of thiophene rings is 1. The average molecular weight is 330 g/mol. The molecule has 0 radical (unpaired) electrons. The van der Waals surface area contributed by atoms with Crippen LogP contribution in [0.15, 0.2) is 35.4 Å². The third kappa shape index (κ3) is 3.53. The fraction of sp³-hybridized carbons (Fsp3) is 0.294. The summed E-state index contributed by atoms with van der Waals surface area (Å²) in [5.74, 6) is 0.986. The number of hydrogen-bond donors (Lipinski definition) is 1. The van der Waals surface area contributed by atoms with Crippen LogP contribution in [0.3, 0.4) is 0 Å². The standard InChI is InChI=1S/C17H18N2O3S/c1-3-4-13(16-8-5-11(2)23-16)18-19-17(20)12-6-7-14-15(9-12)22-10-21-14/h5-9H,3-4,10H2,1-2H3,(H,19,20). The zero-order valence-corrected chi connectivity index (χ0v) is 13.9. The van der Waals surface area contributed by atoms with Crippen molar-refractivity contribution in [3.05, 3.63) is 45.6 Å². The summed E-state index contributed by atoms with van der Waals surface area (Å²) in [5, 5.41) is 4.32. The number of nitrogens with one attached hydrogen (secondary N) is 1. The van der Waals surface area contributed by atoms with Gasteiger partial charge in [0.15, 0.2) is 11.5 Å². The molecule has 0 fully saturated rings. The van der Waals surface area contributed by atoms with Crippen LogP contribution in [0, 0.1) is 6.92 Å². The molecule has 2 aromatic rings. The number of rotatable bonds is 5. The van der Waals surface area contributed by atoms with Crippen LogP contribution in [0.2, 0.25) is 0 Å². The van der Waals surface area contributed by atoms with Crippen LogP contribution in [0.5, 0.6) is 11.5 Å². The summed E-state index contributed by atoms with van der Waals surface area (Å²) in [4.78, 5) is 14.6. The normalized spacial score (nSPS) is 13.2. The summed E-state index contributed by atoms with van der Waals surface area (Å²) in [6, 6.07) is 9.21. The summed E-state index contributed by atoms with van der Waals surface area (Å²) in [6.45, 7) is 4.34. The molecule has 5 nitrogen and oxygen atoms in total. The van der Waals surface area contributed by atoms with Gasteiger partial charge in [-0.25, -0.2) is 5.43 Å². The zero-order chi connectivity index (χ0) is 16.2. The van der Waals surface area contributed by atoms with Crippen LogP contribution in [0.25, 0.3) is 0 Å². The lowest BCUT2D eigenvalue weighted by atomic mass is 10.2. The Morgan fingerprint density at radius 1 is 1.26 bits per heavy atom. The molecule has 1 N–H and O–H groups in total. The first-order valence-electron chi connectivity index (χ1n) is 7.50. The number of ether oxygens (including phenoxy) is 2. The summed E-state index contributed by atoms with van der Waals surface area (Å²) < 4.78 is 10.5. The average Bonchev–Trinajstić information content (AvgIpc) is 3.18. The van der Waals surface area contributed by atoms with Crippen molar-refractivity contribution in [1.29, 1.82) is 0 Å². The predicted molar refractivity (Wildman–Crippen MR) is 90.5 cm³/mol. The second-order valence-electron chi connectivity index (χ2n) is 5.23. The van der Waals surface area contributed by atoms with Crippen LogP contribution in [-0.4, -0.2) is 18.4 Å². The molecule has 0 saturated heterocycles. The Hall–Kier alpha value is -2.34. The highest BCUT2D eigenvalue weighted by Crippen LogP contribution is 2.32. The van der Waals surface area contributed by atoms with Gasteiger partial charge < -0.3 is 9.47 Å². The Morgan fingerprint density at radius 3 is 2.83 bits per heavy atom. The molecule has 1 aromatic heterocycles.